The van der Waals surface area contributed by atoms with E-state index in [1.54, 1.807) is 37.7 Å². The molecule has 0 bridgehead atoms. The smallest absolute Gasteiger partial charge is 0.325 e. The van der Waals surface area contributed by atoms with Crippen LogP contribution < -0.4 is 16.0 Å². The van der Waals surface area contributed by atoms with Gasteiger partial charge in [0.1, 0.15) is 16.8 Å². The Morgan fingerprint density at radius 2 is 1.93 bits per heavy atom. The largest absolute Gasteiger partial charge is 0.497 e. The zero-order valence-corrected chi connectivity index (χ0v) is 17.5. The molecule has 10 nitrogen and oxygen atoms in total. The SMILES string of the molecule is CCOC(=O)C(C)Sc1nnc(Cc2cc(=O)[nH]c(=O)[nH]2)n1-c1ccc(OC)cc1. The van der Waals surface area contributed by atoms with E-state index >= 15 is 0 Å². The molecule has 0 saturated heterocycles. The Morgan fingerprint density at radius 1 is 1.20 bits per heavy atom. The summed E-state index contributed by atoms with van der Waals surface area (Å²) in [5.41, 5.74) is 0.0239. The van der Waals surface area contributed by atoms with E-state index in [2.05, 4.69) is 20.2 Å². The zero-order chi connectivity index (χ0) is 21.7. The van der Waals surface area contributed by atoms with Crippen LogP contribution >= 0.6 is 11.8 Å². The summed E-state index contributed by atoms with van der Waals surface area (Å²) >= 11 is 1.20. The van der Waals surface area contributed by atoms with Crippen LogP contribution in [0.5, 0.6) is 5.75 Å². The van der Waals surface area contributed by atoms with Gasteiger partial charge in [-0.3, -0.25) is 19.1 Å². The lowest BCUT2D eigenvalue weighted by atomic mass is 10.2. The highest BCUT2D eigenvalue weighted by Gasteiger charge is 2.22. The Morgan fingerprint density at radius 3 is 2.57 bits per heavy atom. The maximum absolute atomic E-state index is 12.1. The van der Waals surface area contributed by atoms with Crippen molar-refractivity contribution in [3.8, 4) is 11.4 Å². The number of methoxy groups -OCH3 is 1. The summed E-state index contributed by atoms with van der Waals surface area (Å²) < 4.78 is 12.0. The lowest BCUT2D eigenvalue weighted by Gasteiger charge is -2.13. The van der Waals surface area contributed by atoms with Crippen LogP contribution in [-0.2, 0) is 16.0 Å². The molecular formula is C19H21N5O5S. The van der Waals surface area contributed by atoms with Gasteiger partial charge in [0, 0.05) is 23.9 Å². The third kappa shape index (κ3) is 4.98. The number of aromatic amines is 2. The monoisotopic (exact) mass is 431 g/mol. The van der Waals surface area contributed by atoms with E-state index in [1.807, 2.05) is 12.1 Å². The van der Waals surface area contributed by atoms with Crippen LogP contribution in [0.1, 0.15) is 25.4 Å². The number of hydrogen-bond donors (Lipinski definition) is 2. The highest BCUT2D eigenvalue weighted by Crippen LogP contribution is 2.28. The van der Waals surface area contributed by atoms with E-state index < -0.39 is 16.5 Å². The molecule has 0 saturated carbocycles. The molecule has 3 aromatic rings. The highest BCUT2D eigenvalue weighted by atomic mass is 32.2. The predicted octanol–water partition coefficient (Wildman–Crippen LogP) is 1.29. The van der Waals surface area contributed by atoms with Gasteiger partial charge in [0.25, 0.3) is 5.56 Å². The standard InChI is InChI=1S/C19H21N5O5S/c1-4-29-17(26)11(2)30-19-23-22-15(9-12-10-16(25)21-18(27)20-12)24(19)13-5-7-14(28-3)8-6-13/h5-8,10-11H,4,9H2,1-3H3,(H2,20,21,25,27). The molecule has 0 amide bonds. The van der Waals surface area contributed by atoms with Crippen molar-refractivity contribution in [3.05, 3.63) is 62.7 Å². The number of nitrogens with zero attached hydrogens (tertiary/aromatic N) is 3. The molecule has 2 N–H and O–H groups in total. The minimum absolute atomic E-state index is 0.159. The molecule has 1 aromatic carbocycles. The van der Waals surface area contributed by atoms with Crippen molar-refractivity contribution in [3.63, 3.8) is 0 Å². The lowest BCUT2D eigenvalue weighted by molar-refractivity contribution is -0.142. The molecule has 0 spiro atoms. The van der Waals surface area contributed by atoms with Gasteiger partial charge in [-0.15, -0.1) is 10.2 Å². The van der Waals surface area contributed by atoms with Crippen LogP contribution in [0.4, 0.5) is 0 Å². The highest BCUT2D eigenvalue weighted by molar-refractivity contribution is 8.00. The van der Waals surface area contributed by atoms with Gasteiger partial charge in [0.2, 0.25) is 0 Å². The Kier molecular flexibility index (Phi) is 6.72. The van der Waals surface area contributed by atoms with Gasteiger partial charge >= 0.3 is 11.7 Å². The number of H-pyrrole nitrogens is 2. The first-order chi connectivity index (χ1) is 14.4. The number of thioether (sulfide) groups is 1. The predicted molar refractivity (Wildman–Crippen MR) is 110 cm³/mol. The second kappa shape index (κ2) is 9.44. The van der Waals surface area contributed by atoms with Crippen LogP contribution in [0.15, 0.2) is 45.1 Å². The molecule has 0 aliphatic carbocycles. The number of esters is 1. The van der Waals surface area contributed by atoms with E-state index in [4.69, 9.17) is 9.47 Å². The van der Waals surface area contributed by atoms with Crippen LogP contribution in [0.3, 0.4) is 0 Å². The second-order valence-corrected chi connectivity index (χ2v) is 7.54. The number of carbonyl (C=O) groups is 1. The molecule has 30 heavy (non-hydrogen) atoms. The molecule has 11 heteroatoms. The Labute approximate surface area is 175 Å². The summed E-state index contributed by atoms with van der Waals surface area (Å²) in [7, 11) is 1.57. The molecule has 2 aromatic heterocycles. The van der Waals surface area contributed by atoms with E-state index in [0.717, 1.165) is 5.69 Å². The van der Waals surface area contributed by atoms with Crippen LogP contribution in [0.25, 0.3) is 5.69 Å². The Hall–Kier alpha value is -3.34. The lowest BCUT2D eigenvalue weighted by Crippen LogP contribution is -2.23. The fourth-order valence-corrected chi connectivity index (χ4v) is 3.62. The van der Waals surface area contributed by atoms with E-state index in [-0.39, 0.29) is 19.0 Å². The summed E-state index contributed by atoms with van der Waals surface area (Å²) in [6.45, 7) is 3.76. The molecule has 158 valence electrons. The van der Waals surface area contributed by atoms with Crippen molar-refractivity contribution in [1.82, 2.24) is 24.7 Å². The average molecular weight is 431 g/mol. The molecule has 3 rings (SSSR count). The van der Waals surface area contributed by atoms with Gasteiger partial charge < -0.3 is 14.5 Å². The number of aromatic nitrogens is 5. The normalized spacial score (nSPS) is 11.8. The minimum Gasteiger partial charge on any atom is -0.497 e. The van der Waals surface area contributed by atoms with Gasteiger partial charge in [-0.05, 0) is 38.1 Å². The number of carbonyl (C=O) groups excluding carboxylic acids is 1. The van der Waals surface area contributed by atoms with Gasteiger partial charge in [-0.2, -0.15) is 0 Å². The van der Waals surface area contributed by atoms with Crippen molar-refractivity contribution >= 4 is 17.7 Å². The van der Waals surface area contributed by atoms with Gasteiger partial charge in [-0.1, -0.05) is 11.8 Å². The number of nitrogens with one attached hydrogen (secondary N) is 2. The van der Waals surface area contributed by atoms with Crippen molar-refractivity contribution < 1.29 is 14.3 Å². The number of rotatable bonds is 8. The van der Waals surface area contributed by atoms with Crippen LogP contribution in [-0.4, -0.2) is 49.7 Å². The topological polar surface area (TPSA) is 132 Å². The van der Waals surface area contributed by atoms with Gasteiger partial charge in [0.05, 0.1) is 13.7 Å². The summed E-state index contributed by atoms with van der Waals surface area (Å²) in [6.07, 6.45) is 0.159. The average Bonchev–Trinajstić information content (AvgIpc) is 3.09. The minimum atomic E-state index is -0.599. The molecule has 0 aliphatic heterocycles. The molecule has 1 atom stereocenters. The summed E-state index contributed by atoms with van der Waals surface area (Å²) in [5, 5.41) is 8.41. The fourth-order valence-electron chi connectivity index (χ4n) is 2.73. The first-order valence-corrected chi connectivity index (χ1v) is 10.0. The Bertz CT molecular complexity index is 1110. The van der Waals surface area contributed by atoms with E-state index in [1.165, 1.54) is 17.8 Å². The van der Waals surface area contributed by atoms with Crippen LogP contribution in [0.2, 0.25) is 0 Å². The van der Waals surface area contributed by atoms with Crippen LogP contribution in [0, 0.1) is 0 Å². The third-order valence-electron chi connectivity index (χ3n) is 4.10. The molecule has 2 heterocycles. The molecule has 0 radical (unpaired) electrons. The summed E-state index contributed by atoms with van der Waals surface area (Å²) in [6, 6.07) is 8.52. The summed E-state index contributed by atoms with van der Waals surface area (Å²) in [5.74, 6) is 0.814. The second-order valence-electron chi connectivity index (χ2n) is 6.23. The van der Waals surface area contributed by atoms with Crippen molar-refractivity contribution in [2.75, 3.05) is 13.7 Å². The van der Waals surface area contributed by atoms with Gasteiger partial charge in [0.15, 0.2) is 5.16 Å². The summed E-state index contributed by atoms with van der Waals surface area (Å²) in [4.78, 5) is 40.0. The first kappa shape index (κ1) is 21.4. The molecule has 0 aliphatic rings. The molecular weight excluding hydrogens is 410 g/mol. The molecule has 0 fully saturated rings. The number of benzene rings is 1. The first-order valence-electron chi connectivity index (χ1n) is 9.15. The van der Waals surface area contributed by atoms with Gasteiger partial charge in [-0.25, -0.2) is 4.79 Å². The van der Waals surface area contributed by atoms with E-state index in [9.17, 15) is 14.4 Å². The Balaban J connectivity index is 2.01. The molecule has 1 unspecified atom stereocenters. The maximum Gasteiger partial charge on any atom is 0.325 e. The quantitative estimate of drug-likeness (QED) is 0.403. The third-order valence-corrected chi connectivity index (χ3v) is 5.12. The van der Waals surface area contributed by atoms with Crippen molar-refractivity contribution in [2.45, 2.75) is 30.7 Å². The zero-order valence-electron chi connectivity index (χ0n) is 16.7. The van der Waals surface area contributed by atoms with E-state index in [0.29, 0.717) is 22.4 Å². The van der Waals surface area contributed by atoms with Crippen molar-refractivity contribution in [1.29, 1.82) is 0 Å². The number of hydrogen-bond acceptors (Lipinski definition) is 8. The number of ether oxygens (including phenoxy) is 2. The fraction of sp³-hybridized carbons (Fsp3) is 0.316. The van der Waals surface area contributed by atoms with Crippen molar-refractivity contribution in [2.24, 2.45) is 0 Å². The maximum atomic E-state index is 12.1.